The first-order chi connectivity index (χ1) is 9.69. The van der Waals surface area contributed by atoms with Gasteiger partial charge in [0.05, 0.1) is 13.2 Å². The summed E-state index contributed by atoms with van der Waals surface area (Å²) in [5, 5.41) is 10.0. The van der Waals surface area contributed by atoms with Crippen molar-refractivity contribution in [3.8, 4) is 5.75 Å². The van der Waals surface area contributed by atoms with E-state index in [1.807, 2.05) is 12.1 Å². The number of aliphatic hydroxyl groups is 1. The number of aryl methyl sites for hydroxylation is 1. The van der Waals surface area contributed by atoms with Crippen LogP contribution in [0.15, 0.2) is 42.7 Å². The Balaban J connectivity index is 1.88. The van der Waals surface area contributed by atoms with Crippen molar-refractivity contribution in [1.82, 2.24) is 4.98 Å². The molecule has 1 aromatic heterocycles. The van der Waals surface area contributed by atoms with Crippen molar-refractivity contribution in [2.24, 2.45) is 0 Å². The molecule has 1 unspecified atom stereocenters. The number of benzene rings is 1. The molecular formula is C16H18FNO2. The van der Waals surface area contributed by atoms with Gasteiger partial charge in [0.25, 0.3) is 0 Å². The van der Waals surface area contributed by atoms with Gasteiger partial charge in [-0.25, -0.2) is 4.39 Å². The number of hydrogen-bond donors (Lipinski definition) is 1. The van der Waals surface area contributed by atoms with E-state index < -0.39 is 11.9 Å². The van der Waals surface area contributed by atoms with Crippen LogP contribution in [0.4, 0.5) is 4.39 Å². The summed E-state index contributed by atoms with van der Waals surface area (Å²) < 4.78 is 18.4. The van der Waals surface area contributed by atoms with Crippen LogP contribution in [0.5, 0.6) is 5.75 Å². The van der Waals surface area contributed by atoms with Gasteiger partial charge in [0.2, 0.25) is 0 Å². The molecule has 3 nitrogen and oxygen atoms in total. The van der Waals surface area contributed by atoms with Crippen molar-refractivity contribution in [2.75, 3.05) is 7.11 Å². The second-order valence-corrected chi connectivity index (χ2v) is 4.73. The molecule has 0 bridgehead atoms. The zero-order valence-corrected chi connectivity index (χ0v) is 11.4. The monoisotopic (exact) mass is 275 g/mol. The van der Waals surface area contributed by atoms with E-state index in [1.54, 1.807) is 24.5 Å². The number of nitrogens with zero attached hydrogens (tertiary/aromatic N) is 1. The molecule has 106 valence electrons. The van der Waals surface area contributed by atoms with Crippen molar-refractivity contribution >= 4 is 0 Å². The first kappa shape index (κ1) is 14.5. The van der Waals surface area contributed by atoms with Crippen LogP contribution in [0.3, 0.4) is 0 Å². The van der Waals surface area contributed by atoms with Gasteiger partial charge in [-0.3, -0.25) is 4.98 Å². The van der Waals surface area contributed by atoms with Gasteiger partial charge in [-0.2, -0.15) is 0 Å². The van der Waals surface area contributed by atoms with E-state index in [0.717, 1.165) is 17.5 Å². The maximum Gasteiger partial charge on any atom is 0.165 e. The smallest absolute Gasteiger partial charge is 0.165 e. The highest BCUT2D eigenvalue weighted by molar-refractivity contribution is 5.29. The molecular weight excluding hydrogens is 257 g/mol. The SMILES string of the molecule is COc1ccc(CC(O)CCc2cccnc2)cc1F. The average Bonchev–Trinajstić information content (AvgIpc) is 2.46. The number of aromatic nitrogens is 1. The largest absolute Gasteiger partial charge is 0.494 e. The Bertz CT molecular complexity index is 545. The number of hydrogen-bond acceptors (Lipinski definition) is 3. The van der Waals surface area contributed by atoms with Gasteiger partial charge in [-0.15, -0.1) is 0 Å². The van der Waals surface area contributed by atoms with Crippen LogP contribution in [0, 0.1) is 5.82 Å². The fourth-order valence-electron chi connectivity index (χ4n) is 2.09. The summed E-state index contributed by atoms with van der Waals surface area (Å²) in [6.07, 6.45) is 4.83. The lowest BCUT2D eigenvalue weighted by Gasteiger charge is -2.11. The van der Waals surface area contributed by atoms with E-state index >= 15 is 0 Å². The van der Waals surface area contributed by atoms with Crippen LogP contribution >= 0.6 is 0 Å². The number of aliphatic hydroxyl groups excluding tert-OH is 1. The van der Waals surface area contributed by atoms with E-state index in [1.165, 1.54) is 13.2 Å². The molecule has 0 fully saturated rings. The van der Waals surface area contributed by atoms with Crippen LogP contribution in [0.25, 0.3) is 0 Å². The summed E-state index contributed by atoms with van der Waals surface area (Å²) in [6, 6.07) is 8.62. The van der Waals surface area contributed by atoms with Crippen LogP contribution in [0.1, 0.15) is 17.5 Å². The molecule has 1 aromatic carbocycles. The van der Waals surface area contributed by atoms with Crippen molar-refractivity contribution in [3.05, 3.63) is 59.7 Å². The molecule has 0 amide bonds. The number of halogens is 1. The first-order valence-corrected chi connectivity index (χ1v) is 6.58. The molecule has 2 rings (SSSR count). The van der Waals surface area contributed by atoms with Crippen LogP contribution in [-0.4, -0.2) is 23.3 Å². The fraction of sp³-hybridized carbons (Fsp3) is 0.312. The predicted molar refractivity (Wildman–Crippen MR) is 75.2 cm³/mol. The molecule has 0 saturated carbocycles. The van der Waals surface area contributed by atoms with E-state index in [4.69, 9.17) is 4.74 Å². The second kappa shape index (κ2) is 7.01. The fourth-order valence-corrected chi connectivity index (χ4v) is 2.09. The van der Waals surface area contributed by atoms with E-state index in [9.17, 15) is 9.50 Å². The second-order valence-electron chi connectivity index (χ2n) is 4.73. The lowest BCUT2D eigenvalue weighted by molar-refractivity contribution is 0.165. The molecule has 20 heavy (non-hydrogen) atoms. The average molecular weight is 275 g/mol. The summed E-state index contributed by atoms with van der Waals surface area (Å²) in [4.78, 5) is 4.03. The van der Waals surface area contributed by atoms with Crippen LogP contribution in [-0.2, 0) is 12.8 Å². The molecule has 2 aromatic rings. The summed E-state index contributed by atoms with van der Waals surface area (Å²) in [5.41, 5.74) is 1.86. The first-order valence-electron chi connectivity index (χ1n) is 6.58. The topological polar surface area (TPSA) is 42.4 Å². The Hall–Kier alpha value is -1.94. The Morgan fingerprint density at radius 2 is 2.15 bits per heavy atom. The minimum absolute atomic E-state index is 0.221. The predicted octanol–water partition coefficient (Wildman–Crippen LogP) is 2.77. The normalized spacial score (nSPS) is 12.2. The lowest BCUT2D eigenvalue weighted by Crippen LogP contribution is -2.12. The molecule has 0 saturated heterocycles. The summed E-state index contributed by atoms with van der Waals surface area (Å²) >= 11 is 0. The molecule has 1 N–H and O–H groups in total. The maximum absolute atomic E-state index is 13.5. The van der Waals surface area contributed by atoms with Crippen LogP contribution in [0.2, 0.25) is 0 Å². The minimum Gasteiger partial charge on any atom is -0.494 e. The highest BCUT2D eigenvalue weighted by Crippen LogP contribution is 2.19. The van der Waals surface area contributed by atoms with Gasteiger partial charge in [0.15, 0.2) is 11.6 Å². The number of methoxy groups -OCH3 is 1. The molecule has 1 heterocycles. The Morgan fingerprint density at radius 1 is 1.30 bits per heavy atom. The molecule has 0 aliphatic heterocycles. The molecule has 0 spiro atoms. The van der Waals surface area contributed by atoms with Gasteiger partial charge < -0.3 is 9.84 Å². The maximum atomic E-state index is 13.5. The zero-order valence-electron chi connectivity index (χ0n) is 11.4. The number of rotatable bonds is 6. The van der Waals surface area contributed by atoms with Gasteiger partial charge >= 0.3 is 0 Å². The van der Waals surface area contributed by atoms with E-state index in [-0.39, 0.29) is 5.75 Å². The van der Waals surface area contributed by atoms with Crippen molar-refractivity contribution in [1.29, 1.82) is 0 Å². The Labute approximate surface area is 118 Å². The third kappa shape index (κ3) is 4.03. The van der Waals surface area contributed by atoms with Gasteiger partial charge in [-0.05, 0) is 48.6 Å². The third-order valence-corrected chi connectivity index (χ3v) is 3.18. The van der Waals surface area contributed by atoms with Crippen molar-refractivity contribution in [3.63, 3.8) is 0 Å². The highest BCUT2D eigenvalue weighted by Gasteiger charge is 2.09. The van der Waals surface area contributed by atoms with Gasteiger partial charge in [0.1, 0.15) is 0 Å². The lowest BCUT2D eigenvalue weighted by atomic mass is 10.0. The quantitative estimate of drug-likeness (QED) is 0.881. The number of pyridine rings is 1. The minimum atomic E-state index is -0.497. The Morgan fingerprint density at radius 3 is 2.80 bits per heavy atom. The molecule has 0 radical (unpaired) electrons. The molecule has 0 aliphatic carbocycles. The van der Waals surface area contributed by atoms with Crippen molar-refractivity contribution < 1.29 is 14.2 Å². The zero-order chi connectivity index (χ0) is 14.4. The Kier molecular flexibility index (Phi) is 5.07. The highest BCUT2D eigenvalue weighted by atomic mass is 19.1. The molecule has 1 atom stereocenters. The van der Waals surface area contributed by atoms with Crippen LogP contribution < -0.4 is 4.74 Å². The number of ether oxygens (including phenoxy) is 1. The van der Waals surface area contributed by atoms with Crippen molar-refractivity contribution in [2.45, 2.75) is 25.4 Å². The standard InChI is InChI=1S/C16H18FNO2/c1-20-16-7-5-13(10-15(16)17)9-14(19)6-4-12-3-2-8-18-11-12/h2-3,5,7-8,10-11,14,19H,4,6,9H2,1H3. The van der Waals surface area contributed by atoms with Gasteiger partial charge in [0, 0.05) is 12.4 Å². The molecule has 0 aliphatic rings. The summed E-state index contributed by atoms with van der Waals surface area (Å²) in [5.74, 6) is -0.178. The molecule has 4 heteroatoms. The van der Waals surface area contributed by atoms with E-state index in [0.29, 0.717) is 12.8 Å². The summed E-state index contributed by atoms with van der Waals surface area (Å²) in [7, 11) is 1.43. The van der Waals surface area contributed by atoms with Gasteiger partial charge in [-0.1, -0.05) is 12.1 Å². The third-order valence-electron chi connectivity index (χ3n) is 3.18. The van der Waals surface area contributed by atoms with E-state index in [2.05, 4.69) is 4.98 Å². The summed E-state index contributed by atoms with van der Waals surface area (Å²) in [6.45, 7) is 0.